The number of carbonyl (C=O) groups is 1. The number of aliphatic hydroxyl groups excluding tert-OH is 1. The quantitative estimate of drug-likeness (QED) is 0.837. The number of amides is 1. The Balaban J connectivity index is 2.21. The summed E-state index contributed by atoms with van der Waals surface area (Å²) in [6.07, 6.45) is -4.55. The molecule has 2 rings (SSSR count). The van der Waals surface area contributed by atoms with Gasteiger partial charge >= 0.3 is 6.18 Å². The number of primary amides is 1. The summed E-state index contributed by atoms with van der Waals surface area (Å²) >= 11 is 0. The Kier molecular flexibility index (Phi) is 4.89. The van der Waals surface area contributed by atoms with E-state index in [4.69, 9.17) is 10.5 Å². The fourth-order valence-corrected chi connectivity index (χ4v) is 1.89. The first-order valence-electron chi connectivity index (χ1n) is 6.55. The number of halogens is 3. The maximum atomic E-state index is 12.5. The molecule has 0 aliphatic heterocycles. The molecule has 1 aromatic heterocycles. The molecule has 0 bridgehead atoms. The van der Waals surface area contributed by atoms with Gasteiger partial charge in [0.15, 0.2) is 12.7 Å². The van der Waals surface area contributed by atoms with Gasteiger partial charge in [-0.3, -0.25) is 4.79 Å². The third-order valence-corrected chi connectivity index (χ3v) is 2.94. The van der Waals surface area contributed by atoms with Crippen LogP contribution in [0.4, 0.5) is 13.2 Å². The number of alkyl halides is 3. The van der Waals surface area contributed by atoms with Crippen molar-refractivity contribution in [1.82, 2.24) is 9.55 Å². The highest BCUT2D eigenvalue weighted by molar-refractivity contribution is 5.75. The van der Waals surface area contributed by atoms with Gasteiger partial charge in [-0.05, 0) is 12.1 Å². The van der Waals surface area contributed by atoms with Crippen LogP contribution in [0.3, 0.4) is 0 Å². The molecule has 0 spiro atoms. The first-order chi connectivity index (χ1) is 10.8. The van der Waals surface area contributed by atoms with E-state index in [1.54, 1.807) is 18.2 Å². The Morgan fingerprint density at radius 1 is 1.43 bits per heavy atom. The monoisotopic (exact) mass is 329 g/mol. The van der Waals surface area contributed by atoms with Crippen molar-refractivity contribution in [3.8, 4) is 17.1 Å². The van der Waals surface area contributed by atoms with Crippen molar-refractivity contribution in [2.24, 2.45) is 5.73 Å². The zero-order valence-corrected chi connectivity index (χ0v) is 11.8. The first kappa shape index (κ1) is 16.8. The lowest BCUT2D eigenvalue weighted by Gasteiger charge is -2.16. The van der Waals surface area contributed by atoms with Crippen LogP contribution in [0.1, 0.15) is 0 Å². The van der Waals surface area contributed by atoms with Gasteiger partial charge in [0.05, 0.1) is 6.54 Å². The molecule has 23 heavy (non-hydrogen) atoms. The van der Waals surface area contributed by atoms with Crippen LogP contribution in [0.15, 0.2) is 36.7 Å². The molecule has 1 aromatic carbocycles. The van der Waals surface area contributed by atoms with Crippen LogP contribution in [-0.4, -0.2) is 39.5 Å². The van der Waals surface area contributed by atoms with E-state index in [9.17, 15) is 23.1 Å². The average molecular weight is 329 g/mol. The third kappa shape index (κ3) is 4.46. The lowest BCUT2D eigenvalue weighted by atomic mass is 10.2. The van der Waals surface area contributed by atoms with E-state index in [1.165, 1.54) is 23.0 Å². The van der Waals surface area contributed by atoms with Crippen LogP contribution in [0.5, 0.6) is 5.75 Å². The van der Waals surface area contributed by atoms with E-state index >= 15 is 0 Å². The minimum Gasteiger partial charge on any atom is -0.484 e. The van der Waals surface area contributed by atoms with Crippen molar-refractivity contribution < 1.29 is 27.8 Å². The molecule has 124 valence electrons. The maximum absolute atomic E-state index is 12.5. The van der Waals surface area contributed by atoms with Crippen molar-refractivity contribution in [1.29, 1.82) is 0 Å². The number of hydrogen-bond donors (Lipinski definition) is 2. The lowest BCUT2D eigenvalue weighted by molar-refractivity contribution is -0.207. The molecular weight excluding hydrogens is 315 g/mol. The van der Waals surface area contributed by atoms with E-state index in [0.717, 1.165) is 0 Å². The molecule has 9 heteroatoms. The minimum atomic E-state index is -4.71. The number of imidazole rings is 1. The van der Waals surface area contributed by atoms with Crippen LogP contribution in [0.25, 0.3) is 11.4 Å². The van der Waals surface area contributed by atoms with E-state index in [1.807, 2.05) is 0 Å². The van der Waals surface area contributed by atoms with E-state index in [2.05, 4.69) is 4.98 Å². The summed E-state index contributed by atoms with van der Waals surface area (Å²) in [5.41, 5.74) is 5.46. The molecule has 0 aliphatic carbocycles. The highest BCUT2D eigenvalue weighted by Gasteiger charge is 2.38. The number of rotatable bonds is 6. The van der Waals surface area contributed by atoms with Crippen molar-refractivity contribution in [2.45, 2.75) is 18.8 Å². The van der Waals surface area contributed by atoms with Crippen LogP contribution >= 0.6 is 0 Å². The third-order valence-electron chi connectivity index (χ3n) is 2.94. The SMILES string of the molecule is NC(=O)COc1cccc(-c2nccn2C[C@@H](O)C(F)(F)F)c1. The van der Waals surface area contributed by atoms with Gasteiger partial charge in [0, 0.05) is 18.0 Å². The molecule has 0 aliphatic rings. The van der Waals surface area contributed by atoms with Gasteiger partial charge in [-0.2, -0.15) is 13.2 Å². The summed E-state index contributed by atoms with van der Waals surface area (Å²) in [6, 6.07) is 6.31. The lowest BCUT2D eigenvalue weighted by Crippen LogP contribution is -2.32. The molecule has 2 aromatic rings. The zero-order valence-electron chi connectivity index (χ0n) is 11.8. The molecule has 1 heterocycles. The van der Waals surface area contributed by atoms with Crippen LogP contribution in [-0.2, 0) is 11.3 Å². The van der Waals surface area contributed by atoms with E-state index in [0.29, 0.717) is 11.3 Å². The largest absolute Gasteiger partial charge is 0.484 e. The summed E-state index contributed by atoms with van der Waals surface area (Å²) in [5.74, 6) is -0.0877. The number of carbonyl (C=O) groups excluding carboxylic acids is 1. The van der Waals surface area contributed by atoms with Gasteiger partial charge in [0.25, 0.3) is 5.91 Å². The number of aliphatic hydroxyl groups is 1. The highest BCUT2D eigenvalue weighted by atomic mass is 19.4. The predicted octanol–water partition coefficient (Wildman–Crippen LogP) is 1.34. The fraction of sp³-hybridized carbons (Fsp3) is 0.286. The smallest absolute Gasteiger partial charge is 0.416 e. The second-order valence-corrected chi connectivity index (χ2v) is 4.74. The Morgan fingerprint density at radius 2 is 2.17 bits per heavy atom. The zero-order chi connectivity index (χ0) is 17.0. The molecular formula is C14H14F3N3O3. The van der Waals surface area contributed by atoms with Crippen molar-refractivity contribution in [3.63, 3.8) is 0 Å². The number of benzene rings is 1. The van der Waals surface area contributed by atoms with Gasteiger partial charge in [0.2, 0.25) is 0 Å². The summed E-state index contributed by atoms with van der Waals surface area (Å²) < 4.78 is 43.7. The number of ether oxygens (including phenoxy) is 1. The van der Waals surface area contributed by atoms with Crippen molar-refractivity contribution >= 4 is 5.91 Å². The maximum Gasteiger partial charge on any atom is 0.416 e. The molecule has 0 unspecified atom stereocenters. The average Bonchev–Trinajstić information content (AvgIpc) is 2.92. The molecule has 0 saturated carbocycles. The minimum absolute atomic E-state index is 0.234. The topological polar surface area (TPSA) is 90.4 Å². The standard InChI is InChI=1S/C14H14F3N3O3/c15-14(16,17)11(21)7-20-5-4-19-13(20)9-2-1-3-10(6-9)23-8-12(18)22/h1-6,11,21H,7-8H2,(H2,18,22)/t11-/m1/s1. The summed E-state index contributed by atoms with van der Waals surface area (Å²) in [6.45, 7) is -0.990. The number of nitrogens with two attached hydrogens (primary N) is 1. The van der Waals surface area contributed by atoms with Gasteiger partial charge in [-0.1, -0.05) is 12.1 Å². The van der Waals surface area contributed by atoms with E-state index in [-0.39, 0.29) is 12.4 Å². The van der Waals surface area contributed by atoms with Gasteiger partial charge in [0.1, 0.15) is 11.6 Å². The fourth-order valence-electron chi connectivity index (χ4n) is 1.89. The van der Waals surface area contributed by atoms with Gasteiger partial charge in [-0.15, -0.1) is 0 Å². The molecule has 0 fully saturated rings. The number of aromatic nitrogens is 2. The Labute approximate surface area is 129 Å². The van der Waals surface area contributed by atoms with Crippen molar-refractivity contribution in [3.05, 3.63) is 36.7 Å². The molecule has 1 amide bonds. The first-order valence-corrected chi connectivity index (χ1v) is 6.55. The number of hydrogen-bond acceptors (Lipinski definition) is 4. The summed E-state index contributed by atoms with van der Waals surface area (Å²) in [4.78, 5) is 14.7. The second kappa shape index (κ2) is 6.69. The molecule has 0 saturated heterocycles. The van der Waals surface area contributed by atoms with Crippen LogP contribution in [0, 0.1) is 0 Å². The normalized spacial score (nSPS) is 12.9. The number of nitrogens with zero attached hydrogens (tertiary/aromatic N) is 2. The molecule has 0 radical (unpaired) electrons. The van der Waals surface area contributed by atoms with Gasteiger partial charge < -0.3 is 20.1 Å². The molecule has 6 nitrogen and oxygen atoms in total. The predicted molar refractivity (Wildman–Crippen MR) is 74.4 cm³/mol. The van der Waals surface area contributed by atoms with Crippen LogP contribution < -0.4 is 10.5 Å². The summed E-state index contributed by atoms with van der Waals surface area (Å²) in [5, 5.41) is 9.18. The Bertz CT molecular complexity index is 685. The Morgan fingerprint density at radius 3 is 2.83 bits per heavy atom. The van der Waals surface area contributed by atoms with Crippen LogP contribution in [0.2, 0.25) is 0 Å². The van der Waals surface area contributed by atoms with E-state index < -0.39 is 24.7 Å². The molecule has 1 atom stereocenters. The van der Waals surface area contributed by atoms with Gasteiger partial charge in [-0.25, -0.2) is 4.98 Å². The molecule has 3 N–H and O–H groups in total. The Hall–Kier alpha value is -2.55. The summed E-state index contributed by atoms with van der Waals surface area (Å²) in [7, 11) is 0. The second-order valence-electron chi connectivity index (χ2n) is 4.74. The highest BCUT2D eigenvalue weighted by Crippen LogP contribution is 2.26. The van der Waals surface area contributed by atoms with Crippen molar-refractivity contribution in [2.75, 3.05) is 6.61 Å².